The van der Waals surface area contributed by atoms with Gasteiger partial charge in [-0.1, -0.05) is 0 Å². The van der Waals surface area contributed by atoms with Crippen LogP contribution in [0.25, 0.3) is 0 Å². The first-order chi connectivity index (χ1) is 11.6. The number of amides is 2. The van der Waals surface area contributed by atoms with E-state index in [2.05, 4.69) is 22.3 Å². The first kappa shape index (κ1) is 16.8. The number of hydrogen-bond donors (Lipinski definition) is 3. The fraction of sp³-hybridized carbons (Fsp3) is 0.556. The first-order valence-electron chi connectivity index (χ1n) is 8.89. The van der Waals surface area contributed by atoms with Gasteiger partial charge in [-0.2, -0.15) is 0 Å². The van der Waals surface area contributed by atoms with E-state index in [1.165, 1.54) is 18.5 Å². The normalized spacial score (nSPS) is 23.9. The second-order valence-electron chi connectivity index (χ2n) is 6.91. The average Bonchev–Trinajstić information content (AvgIpc) is 3.10. The molecule has 6 nitrogen and oxygen atoms in total. The SMILES string of the molecule is NC(=O)[C@H]1CCC[NH+](CC(=O)Nc2ccc(N3CCCC3)cc2)C1. The Morgan fingerprint density at radius 2 is 1.88 bits per heavy atom. The monoisotopic (exact) mass is 331 g/mol. The van der Waals surface area contributed by atoms with Gasteiger partial charge in [0, 0.05) is 24.5 Å². The van der Waals surface area contributed by atoms with Gasteiger partial charge in [-0.3, -0.25) is 9.59 Å². The number of rotatable bonds is 5. The van der Waals surface area contributed by atoms with Crippen LogP contribution in [0.4, 0.5) is 11.4 Å². The Hall–Kier alpha value is -2.08. The van der Waals surface area contributed by atoms with E-state index in [1.807, 2.05) is 12.1 Å². The van der Waals surface area contributed by atoms with Crippen molar-refractivity contribution in [2.24, 2.45) is 11.7 Å². The number of carbonyl (C=O) groups is 2. The zero-order chi connectivity index (χ0) is 16.9. The molecule has 2 aliphatic rings. The molecule has 1 aromatic carbocycles. The Labute approximate surface area is 143 Å². The molecular weight excluding hydrogens is 304 g/mol. The fourth-order valence-electron chi connectivity index (χ4n) is 3.72. The van der Waals surface area contributed by atoms with Crippen molar-refractivity contribution >= 4 is 23.2 Å². The van der Waals surface area contributed by atoms with Gasteiger partial charge >= 0.3 is 0 Å². The number of quaternary nitrogens is 1. The molecular formula is C18H27N4O2+. The number of anilines is 2. The van der Waals surface area contributed by atoms with Crippen LogP contribution in [0.3, 0.4) is 0 Å². The number of nitrogens with two attached hydrogens (primary N) is 1. The van der Waals surface area contributed by atoms with Crippen LogP contribution in [0.2, 0.25) is 0 Å². The number of hydrogen-bond acceptors (Lipinski definition) is 3. The average molecular weight is 331 g/mol. The quantitative estimate of drug-likeness (QED) is 0.711. The van der Waals surface area contributed by atoms with Crippen molar-refractivity contribution in [3.8, 4) is 0 Å². The summed E-state index contributed by atoms with van der Waals surface area (Å²) in [5.41, 5.74) is 7.44. The number of carbonyl (C=O) groups excluding carboxylic acids is 2. The lowest BCUT2D eigenvalue weighted by molar-refractivity contribution is -0.899. The number of primary amides is 1. The van der Waals surface area contributed by atoms with E-state index in [1.54, 1.807) is 0 Å². The minimum Gasteiger partial charge on any atom is -0.372 e. The third-order valence-corrected chi connectivity index (χ3v) is 5.05. The van der Waals surface area contributed by atoms with Gasteiger partial charge in [0.15, 0.2) is 6.54 Å². The van der Waals surface area contributed by atoms with Crippen molar-refractivity contribution in [2.45, 2.75) is 25.7 Å². The standard InChI is InChI=1S/C18H26N4O2/c19-18(24)14-4-3-9-21(12-14)13-17(23)20-15-5-7-16(8-6-15)22-10-1-2-11-22/h5-8,14H,1-4,9-13H2,(H2,19,24)(H,20,23)/p+1/t14-/m0/s1. The van der Waals surface area contributed by atoms with Crippen LogP contribution >= 0.6 is 0 Å². The molecule has 2 aliphatic heterocycles. The van der Waals surface area contributed by atoms with Crippen molar-refractivity contribution < 1.29 is 14.5 Å². The van der Waals surface area contributed by atoms with Crippen LogP contribution < -0.4 is 20.9 Å². The van der Waals surface area contributed by atoms with Crippen LogP contribution in [0.1, 0.15) is 25.7 Å². The van der Waals surface area contributed by atoms with Gasteiger partial charge < -0.3 is 20.9 Å². The molecule has 6 heteroatoms. The number of nitrogens with zero attached hydrogens (tertiary/aromatic N) is 1. The zero-order valence-corrected chi connectivity index (χ0v) is 14.1. The van der Waals surface area contributed by atoms with E-state index in [-0.39, 0.29) is 17.7 Å². The van der Waals surface area contributed by atoms with Gasteiger partial charge in [0.2, 0.25) is 5.91 Å². The molecule has 2 amide bonds. The molecule has 4 N–H and O–H groups in total. The summed E-state index contributed by atoms with van der Waals surface area (Å²) >= 11 is 0. The Morgan fingerprint density at radius 3 is 2.54 bits per heavy atom. The topological polar surface area (TPSA) is 79.9 Å². The molecule has 1 unspecified atom stereocenters. The molecule has 1 aromatic rings. The van der Waals surface area contributed by atoms with Crippen molar-refractivity contribution in [2.75, 3.05) is 42.9 Å². The largest absolute Gasteiger partial charge is 0.372 e. The highest BCUT2D eigenvalue weighted by molar-refractivity contribution is 5.91. The lowest BCUT2D eigenvalue weighted by Gasteiger charge is -2.27. The third kappa shape index (κ3) is 4.26. The predicted octanol–water partition coefficient (Wildman–Crippen LogP) is 0.00550. The molecule has 3 rings (SSSR count). The molecule has 130 valence electrons. The molecule has 2 saturated heterocycles. The second-order valence-corrected chi connectivity index (χ2v) is 6.91. The Kier molecular flexibility index (Phi) is 5.35. The van der Waals surface area contributed by atoms with Crippen molar-refractivity contribution in [3.63, 3.8) is 0 Å². The fourth-order valence-corrected chi connectivity index (χ4v) is 3.72. The van der Waals surface area contributed by atoms with E-state index in [4.69, 9.17) is 5.73 Å². The molecule has 0 spiro atoms. The van der Waals surface area contributed by atoms with Gasteiger partial charge in [0.1, 0.15) is 0 Å². The summed E-state index contributed by atoms with van der Waals surface area (Å²) in [5, 5.41) is 2.96. The molecule has 2 fully saturated rings. The minimum absolute atomic E-state index is 0.0101. The molecule has 0 aromatic heterocycles. The lowest BCUT2D eigenvalue weighted by atomic mass is 9.97. The van der Waals surface area contributed by atoms with Crippen LogP contribution in [-0.2, 0) is 9.59 Å². The van der Waals surface area contributed by atoms with Crippen molar-refractivity contribution in [3.05, 3.63) is 24.3 Å². The van der Waals surface area contributed by atoms with E-state index < -0.39 is 0 Å². The number of benzene rings is 1. The number of likely N-dealkylation sites (tertiary alicyclic amines) is 1. The summed E-state index contributed by atoms with van der Waals surface area (Å²) in [4.78, 5) is 27.1. The van der Waals surface area contributed by atoms with Crippen LogP contribution in [-0.4, -0.2) is 44.5 Å². The highest BCUT2D eigenvalue weighted by Crippen LogP contribution is 2.21. The lowest BCUT2D eigenvalue weighted by Crippen LogP contribution is -3.14. The molecule has 0 aliphatic carbocycles. The highest BCUT2D eigenvalue weighted by atomic mass is 16.2. The molecule has 0 saturated carbocycles. The summed E-state index contributed by atoms with van der Waals surface area (Å²) in [6, 6.07) is 8.06. The maximum absolute atomic E-state index is 12.2. The van der Waals surface area contributed by atoms with E-state index >= 15 is 0 Å². The molecule has 2 atom stereocenters. The van der Waals surface area contributed by atoms with Gasteiger partial charge in [-0.25, -0.2) is 0 Å². The molecule has 0 bridgehead atoms. The van der Waals surface area contributed by atoms with Gasteiger partial charge in [0.25, 0.3) is 5.91 Å². The van der Waals surface area contributed by atoms with Crippen LogP contribution in [0.15, 0.2) is 24.3 Å². The van der Waals surface area contributed by atoms with Crippen molar-refractivity contribution in [1.29, 1.82) is 0 Å². The smallest absolute Gasteiger partial charge is 0.279 e. The van der Waals surface area contributed by atoms with E-state index in [9.17, 15) is 9.59 Å². The first-order valence-corrected chi connectivity index (χ1v) is 8.89. The van der Waals surface area contributed by atoms with Gasteiger partial charge in [-0.05, 0) is 49.9 Å². The predicted molar refractivity (Wildman–Crippen MR) is 94.0 cm³/mol. The second kappa shape index (κ2) is 7.66. The number of nitrogens with one attached hydrogen (secondary N) is 2. The van der Waals surface area contributed by atoms with Crippen LogP contribution in [0.5, 0.6) is 0 Å². The summed E-state index contributed by atoms with van der Waals surface area (Å²) in [6.45, 7) is 4.20. The van der Waals surface area contributed by atoms with Crippen molar-refractivity contribution in [1.82, 2.24) is 0 Å². The maximum atomic E-state index is 12.2. The summed E-state index contributed by atoms with van der Waals surface area (Å²) in [7, 11) is 0. The Bertz CT molecular complexity index is 581. The van der Waals surface area contributed by atoms with E-state index in [0.717, 1.165) is 43.1 Å². The zero-order valence-electron chi connectivity index (χ0n) is 14.1. The highest BCUT2D eigenvalue weighted by Gasteiger charge is 2.28. The van der Waals surface area contributed by atoms with Gasteiger partial charge in [-0.15, -0.1) is 0 Å². The van der Waals surface area contributed by atoms with Gasteiger partial charge in [0.05, 0.1) is 19.0 Å². The Balaban J connectivity index is 1.50. The molecule has 24 heavy (non-hydrogen) atoms. The molecule has 2 heterocycles. The summed E-state index contributed by atoms with van der Waals surface area (Å²) in [5.74, 6) is -0.351. The minimum atomic E-state index is -0.245. The molecule has 0 radical (unpaired) electrons. The van der Waals surface area contributed by atoms with E-state index in [0.29, 0.717) is 13.1 Å². The number of piperidine rings is 1. The van der Waals surface area contributed by atoms with Crippen LogP contribution in [0, 0.1) is 5.92 Å². The maximum Gasteiger partial charge on any atom is 0.279 e. The summed E-state index contributed by atoms with van der Waals surface area (Å²) < 4.78 is 0. The Morgan fingerprint density at radius 1 is 1.17 bits per heavy atom. The summed E-state index contributed by atoms with van der Waals surface area (Å²) in [6.07, 6.45) is 4.30. The third-order valence-electron chi connectivity index (χ3n) is 5.05.